The van der Waals surface area contributed by atoms with Crippen LogP contribution in [-0.2, 0) is 24.8 Å². The van der Waals surface area contributed by atoms with Crippen LogP contribution in [0.5, 0.6) is 0 Å². The molecule has 0 bridgehead atoms. The highest BCUT2D eigenvalue weighted by atomic mass is 35.5. The van der Waals surface area contributed by atoms with Crippen molar-refractivity contribution in [1.82, 2.24) is 0 Å². The Balaban J connectivity index is 2.17. The number of halogens is 2. The van der Waals surface area contributed by atoms with Crippen molar-refractivity contribution in [2.45, 2.75) is 12.2 Å². The highest BCUT2D eigenvalue weighted by molar-refractivity contribution is 6.30. The zero-order valence-electron chi connectivity index (χ0n) is 11.2. The minimum absolute atomic E-state index is 0.414. The van der Waals surface area contributed by atoms with Crippen LogP contribution in [0.3, 0.4) is 0 Å². The van der Waals surface area contributed by atoms with Crippen LogP contribution in [0, 0.1) is 0 Å². The van der Waals surface area contributed by atoms with Crippen molar-refractivity contribution < 1.29 is 19.1 Å². The lowest BCUT2D eigenvalue weighted by molar-refractivity contribution is -0.234. The van der Waals surface area contributed by atoms with Crippen LogP contribution in [0.15, 0.2) is 48.5 Å². The first-order valence-electron chi connectivity index (χ1n) is 6.45. The summed E-state index contributed by atoms with van der Waals surface area (Å²) in [7, 11) is 0. The van der Waals surface area contributed by atoms with Gasteiger partial charge in [0.05, 0.1) is 0 Å². The van der Waals surface area contributed by atoms with E-state index in [9.17, 15) is 9.59 Å². The maximum absolute atomic E-state index is 11.8. The number of esters is 2. The summed E-state index contributed by atoms with van der Waals surface area (Å²) in [4.78, 5) is 23.6. The summed E-state index contributed by atoms with van der Waals surface area (Å²) >= 11 is 11.8. The number of carbonyl (C=O) groups is 2. The topological polar surface area (TPSA) is 52.6 Å². The number of rotatable bonds is 2. The molecule has 1 aliphatic heterocycles. The largest absolute Gasteiger partial charge is 0.413 e. The molecule has 0 amide bonds. The van der Waals surface area contributed by atoms with Gasteiger partial charge in [0.25, 0.3) is 0 Å². The molecule has 2 aromatic carbocycles. The maximum Gasteiger partial charge on any atom is 0.320 e. The first-order valence-corrected chi connectivity index (χ1v) is 7.21. The molecule has 0 radical (unpaired) electrons. The average Bonchev–Trinajstić information content (AvgIpc) is 2.47. The third-order valence-corrected chi connectivity index (χ3v) is 3.76. The summed E-state index contributed by atoms with van der Waals surface area (Å²) in [5.41, 5.74) is 0.973. The van der Waals surface area contributed by atoms with Gasteiger partial charge in [-0.3, -0.25) is 9.59 Å². The second-order valence-electron chi connectivity index (χ2n) is 4.76. The van der Waals surface area contributed by atoms with Crippen LogP contribution in [0.4, 0.5) is 0 Å². The van der Waals surface area contributed by atoms with Crippen molar-refractivity contribution in [3.05, 3.63) is 69.7 Å². The summed E-state index contributed by atoms with van der Waals surface area (Å²) in [5.74, 6) is -2.93. The van der Waals surface area contributed by atoms with E-state index in [2.05, 4.69) is 0 Å². The van der Waals surface area contributed by atoms with E-state index in [1.807, 2.05) is 0 Å². The summed E-state index contributed by atoms with van der Waals surface area (Å²) in [6, 6.07) is 13.1. The Morgan fingerprint density at radius 3 is 1.45 bits per heavy atom. The Labute approximate surface area is 136 Å². The monoisotopic (exact) mass is 336 g/mol. The lowest BCUT2D eigenvalue weighted by Crippen LogP contribution is -2.43. The van der Waals surface area contributed by atoms with Crippen LogP contribution in [-0.4, -0.2) is 11.9 Å². The lowest BCUT2D eigenvalue weighted by atomic mass is 9.96. The Bertz CT molecular complexity index is 659. The Kier molecular flexibility index (Phi) is 3.81. The predicted molar refractivity (Wildman–Crippen MR) is 80.5 cm³/mol. The van der Waals surface area contributed by atoms with Crippen molar-refractivity contribution in [1.29, 1.82) is 0 Å². The normalized spacial score (nSPS) is 16.8. The summed E-state index contributed by atoms with van der Waals surface area (Å²) < 4.78 is 10.9. The van der Waals surface area contributed by atoms with Gasteiger partial charge < -0.3 is 9.47 Å². The summed E-state index contributed by atoms with van der Waals surface area (Å²) in [6.45, 7) is 0. The fourth-order valence-electron chi connectivity index (χ4n) is 2.27. The van der Waals surface area contributed by atoms with Gasteiger partial charge in [-0.2, -0.15) is 0 Å². The van der Waals surface area contributed by atoms with Gasteiger partial charge >= 0.3 is 17.7 Å². The Hall–Kier alpha value is -2.04. The number of hydrogen-bond donors (Lipinski definition) is 0. The number of ether oxygens (including phenoxy) is 2. The molecule has 0 saturated carbocycles. The molecule has 0 atom stereocenters. The molecule has 0 aliphatic carbocycles. The molecule has 0 N–H and O–H groups in total. The van der Waals surface area contributed by atoms with Gasteiger partial charge in [-0.15, -0.1) is 0 Å². The van der Waals surface area contributed by atoms with E-state index < -0.39 is 24.1 Å². The second-order valence-corrected chi connectivity index (χ2v) is 5.63. The molecule has 1 aliphatic rings. The van der Waals surface area contributed by atoms with Gasteiger partial charge in [0.2, 0.25) is 0 Å². The Morgan fingerprint density at radius 2 is 1.09 bits per heavy atom. The van der Waals surface area contributed by atoms with E-state index in [1.165, 1.54) is 0 Å². The standard InChI is InChI=1S/C16H10Cl2O4/c17-12-5-1-10(2-6-12)16(11-3-7-13(18)8-4-11)21-14(19)9-15(20)22-16/h1-8H,9H2. The van der Waals surface area contributed by atoms with Crippen LogP contribution in [0.25, 0.3) is 0 Å². The van der Waals surface area contributed by atoms with E-state index >= 15 is 0 Å². The van der Waals surface area contributed by atoms with Crippen LogP contribution < -0.4 is 0 Å². The summed E-state index contributed by atoms with van der Waals surface area (Å²) in [6.07, 6.45) is -0.414. The molecule has 22 heavy (non-hydrogen) atoms. The van der Waals surface area contributed by atoms with E-state index in [0.29, 0.717) is 21.2 Å². The molecule has 0 unspecified atom stereocenters. The third-order valence-electron chi connectivity index (χ3n) is 3.25. The van der Waals surface area contributed by atoms with Crippen molar-refractivity contribution in [2.75, 3.05) is 0 Å². The maximum atomic E-state index is 11.8. The minimum Gasteiger partial charge on any atom is -0.413 e. The van der Waals surface area contributed by atoms with Crippen molar-refractivity contribution in [3.8, 4) is 0 Å². The van der Waals surface area contributed by atoms with E-state index in [0.717, 1.165) is 0 Å². The number of hydrogen-bond acceptors (Lipinski definition) is 4. The molecule has 1 saturated heterocycles. The molecule has 0 aromatic heterocycles. The van der Waals surface area contributed by atoms with E-state index in [1.54, 1.807) is 48.5 Å². The fourth-order valence-corrected chi connectivity index (χ4v) is 2.52. The van der Waals surface area contributed by atoms with Gasteiger partial charge in [0.1, 0.15) is 6.42 Å². The first kappa shape index (κ1) is 14.9. The van der Waals surface area contributed by atoms with Gasteiger partial charge in [0.15, 0.2) is 0 Å². The second kappa shape index (κ2) is 5.63. The van der Waals surface area contributed by atoms with E-state index in [4.69, 9.17) is 32.7 Å². The van der Waals surface area contributed by atoms with Crippen molar-refractivity contribution in [2.24, 2.45) is 0 Å². The molecule has 1 fully saturated rings. The smallest absolute Gasteiger partial charge is 0.320 e. The van der Waals surface area contributed by atoms with Gasteiger partial charge in [-0.05, 0) is 48.5 Å². The SMILES string of the molecule is O=C1CC(=O)OC(c2ccc(Cl)cc2)(c2ccc(Cl)cc2)O1. The molecule has 4 nitrogen and oxygen atoms in total. The van der Waals surface area contributed by atoms with Crippen molar-refractivity contribution in [3.63, 3.8) is 0 Å². The molecule has 2 aromatic rings. The highest BCUT2D eigenvalue weighted by Crippen LogP contribution is 2.39. The number of carbonyl (C=O) groups excluding carboxylic acids is 2. The van der Waals surface area contributed by atoms with Crippen LogP contribution >= 0.6 is 23.2 Å². The fraction of sp³-hybridized carbons (Fsp3) is 0.125. The average molecular weight is 337 g/mol. The van der Waals surface area contributed by atoms with Gasteiger partial charge in [-0.25, -0.2) is 0 Å². The molecular formula is C16H10Cl2O4. The van der Waals surface area contributed by atoms with Crippen molar-refractivity contribution >= 4 is 35.1 Å². The Morgan fingerprint density at radius 1 is 0.727 bits per heavy atom. The summed E-state index contributed by atoms with van der Waals surface area (Å²) in [5, 5.41) is 1.03. The minimum atomic E-state index is -1.62. The number of cyclic esters (lactones) is 2. The molecule has 112 valence electrons. The molecule has 1 heterocycles. The van der Waals surface area contributed by atoms with Gasteiger partial charge in [-0.1, -0.05) is 23.2 Å². The predicted octanol–water partition coefficient (Wildman–Crippen LogP) is 3.68. The lowest BCUT2D eigenvalue weighted by Gasteiger charge is -2.36. The van der Waals surface area contributed by atoms with Gasteiger partial charge in [0, 0.05) is 21.2 Å². The highest BCUT2D eigenvalue weighted by Gasteiger charge is 2.46. The zero-order valence-corrected chi connectivity index (χ0v) is 12.7. The molecule has 3 rings (SSSR count). The molecule has 6 heteroatoms. The quantitative estimate of drug-likeness (QED) is 0.620. The first-order chi connectivity index (χ1) is 10.5. The van der Waals surface area contributed by atoms with Crippen LogP contribution in [0.2, 0.25) is 10.0 Å². The van der Waals surface area contributed by atoms with Crippen LogP contribution in [0.1, 0.15) is 17.5 Å². The molecule has 0 spiro atoms. The third kappa shape index (κ3) is 2.67. The number of benzene rings is 2. The molecular weight excluding hydrogens is 327 g/mol. The van der Waals surface area contributed by atoms with E-state index in [-0.39, 0.29) is 0 Å². The zero-order chi connectivity index (χ0) is 15.7.